The second-order valence-corrected chi connectivity index (χ2v) is 6.66. The van der Waals surface area contributed by atoms with Gasteiger partial charge in [-0.25, -0.2) is 0 Å². The van der Waals surface area contributed by atoms with Crippen molar-refractivity contribution in [3.63, 3.8) is 0 Å². The second kappa shape index (κ2) is 5.81. The molecule has 21 heavy (non-hydrogen) atoms. The van der Waals surface area contributed by atoms with Gasteiger partial charge < -0.3 is 14.8 Å². The first kappa shape index (κ1) is 14.6. The quantitative estimate of drug-likeness (QED) is 0.761. The van der Waals surface area contributed by atoms with Gasteiger partial charge in [0.15, 0.2) is 5.11 Å². The molecule has 110 valence electrons. The molecule has 0 saturated carbocycles. The Bertz CT molecular complexity index is 680. The Morgan fingerprint density at radius 2 is 2.10 bits per heavy atom. The highest BCUT2D eigenvalue weighted by Gasteiger charge is 2.26. The average molecular weight is 364 g/mol. The van der Waals surface area contributed by atoms with Crippen LogP contribution in [0.3, 0.4) is 0 Å². The molecule has 1 aliphatic heterocycles. The number of thiocarbonyl (C=S) groups is 1. The molecular weight excluding hydrogens is 346 g/mol. The highest BCUT2D eigenvalue weighted by molar-refractivity contribution is 9.10. The lowest BCUT2D eigenvalue weighted by atomic mass is 10.1. The maximum atomic E-state index is 5.60. The van der Waals surface area contributed by atoms with Gasteiger partial charge in [-0.1, -0.05) is 22.0 Å². The monoisotopic (exact) mass is 363 g/mol. The summed E-state index contributed by atoms with van der Waals surface area (Å²) in [4.78, 5) is 2.25. The molecule has 0 bridgehead atoms. The van der Waals surface area contributed by atoms with Crippen LogP contribution < -0.4 is 5.32 Å². The fourth-order valence-electron chi connectivity index (χ4n) is 2.86. The average Bonchev–Trinajstić information content (AvgIpc) is 2.82. The number of hydrogen-bond acceptors (Lipinski definition) is 1. The summed E-state index contributed by atoms with van der Waals surface area (Å²) < 4.78 is 3.43. The number of benzene rings is 1. The molecule has 1 N–H and O–H groups in total. The zero-order valence-electron chi connectivity index (χ0n) is 12.1. The van der Waals surface area contributed by atoms with Gasteiger partial charge >= 0.3 is 0 Å². The molecule has 2 heterocycles. The Morgan fingerprint density at radius 1 is 1.29 bits per heavy atom. The molecular formula is C16H18BrN3S. The highest BCUT2D eigenvalue weighted by atomic mass is 79.9. The molecule has 0 fully saturated rings. The van der Waals surface area contributed by atoms with Gasteiger partial charge in [0, 0.05) is 34.6 Å². The number of aryl methyl sites for hydroxylation is 1. The summed E-state index contributed by atoms with van der Waals surface area (Å²) in [7, 11) is 0. The van der Waals surface area contributed by atoms with Crippen LogP contribution in [-0.2, 0) is 6.54 Å². The largest absolute Gasteiger partial charge is 0.345 e. The van der Waals surface area contributed by atoms with Crippen molar-refractivity contribution in [2.45, 2.75) is 26.4 Å². The van der Waals surface area contributed by atoms with Gasteiger partial charge in [0.1, 0.15) is 0 Å². The van der Waals surface area contributed by atoms with Gasteiger partial charge in [-0.2, -0.15) is 0 Å². The van der Waals surface area contributed by atoms with Crippen molar-refractivity contribution in [2.24, 2.45) is 0 Å². The van der Waals surface area contributed by atoms with Crippen molar-refractivity contribution in [1.82, 2.24) is 9.47 Å². The van der Waals surface area contributed by atoms with Crippen LogP contribution in [0.25, 0.3) is 0 Å². The third kappa shape index (κ3) is 2.85. The molecule has 0 saturated heterocycles. The Balaban J connectivity index is 1.77. The number of hydrogen-bond donors (Lipinski definition) is 1. The van der Waals surface area contributed by atoms with Crippen LogP contribution in [0.4, 0.5) is 5.69 Å². The number of nitrogens with zero attached hydrogens (tertiary/aromatic N) is 2. The SMILES string of the molecule is Cc1ccc2n1CCN(C(=S)Nc1cccc(Br)c1)[C@@H]2C. The number of nitrogens with one attached hydrogen (secondary N) is 1. The van der Waals surface area contributed by atoms with Gasteiger partial charge in [-0.3, -0.25) is 0 Å². The topological polar surface area (TPSA) is 20.2 Å². The molecule has 1 aromatic heterocycles. The van der Waals surface area contributed by atoms with E-state index in [-0.39, 0.29) is 0 Å². The van der Waals surface area contributed by atoms with Crippen LogP contribution in [0, 0.1) is 6.92 Å². The van der Waals surface area contributed by atoms with Crippen molar-refractivity contribution in [3.05, 3.63) is 52.3 Å². The van der Waals surface area contributed by atoms with E-state index < -0.39 is 0 Å². The van der Waals surface area contributed by atoms with Crippen LogP contribution in [-0.4, -0.2) is 21.1 Å². The van der Waals surface area contributed by atoms with Gasteiger partial charge in [0.2, 0.25) is 0 Å². The minimum atomic E-state index is 0.291. The number of aromatic nitrogens is 1. The molecule has 1 aromatic carbocycles. The Morgan fingerprint density at radius 3 is 2.86 bits per heavy atom. The fourth-order valence-corrected chi connectivity index (χ4v) is 3.63. The Labute approximate surface area is 139 Å². The fraction of sp³-hybridized carbons (Fsp3) is 0.312. The third-order valence-electron chi connectivity index (χ3n) is 4.03. The van der Waals surface area contributed by atoms with E-state index in [2.05, 4.69) is 56.7 Å². The van der Waals surface area contributed by atoms with Gasteiger partial charge in [-0.05, 0) is 56.4 Å². The van der Waals surface area contributed by atoms with E-state index in [0.717, 1.165) is 28.4 Å². The summed E-state index contributed by atoms with van der Waals surface area (Å²) in [5, 5.41) is 4.12. The van der Waals surface area contributed by atoms with Crippen molar-refractivity contribution in [3.8, 4) is 0 Å². The lowest BCUT2D eigenvalue weighted by Gasteiger charge is -2.37. The van der Waals surface area contributed by atoms with Gasteiger partial charge in [0.05, 0.1) is 6.04 Å². The lowest BCUT2D eigenvalue weighted by molar-refractivity contribution is 0.274. The van der Waals surface area contributed by atoms with E-state index in [1.165, 1.54) is 11.4 Å². The maximum absolute atomic E-state index is 5.60. The molecule has 0 unspecified atom stereocenters. The standard InChI is InChI=1S/C16H18BrN3S/c1-11-6-7-15-12(2)20(9-8-19(11)15)16(21)18-14-5-3-4-13(17)10-14/h3-7,10,12H,8-9H2,1-2H3,(H,18,21)/t12-/m1/s1. The zero-order valence-corrected chi connectivity index (χ0v) is 14.5. The minimum Gasteiger partial charge on any atom is -0.345 e. The first-order valence-electron chi connectivity index (χ1n) is 7.05. The summed E-state index contributed by atoms with van der Waals surface area (Å²) >= 11 is 9.09. The van der Waals surface area contributed by atoms with Crippen molar-refractivity contribution in [1.29, 1.82) is 0 Å². The molecule has 5 heteroatoms. The molecule has 3 nitrogen and oxygen atoms in total. The van der Waals surface area contributed by atoms with E-state index in [9.17, 15) is 0 Å². The number of anilines is 1. The molecule has 1 aliphatic rings. The van der Waals surface area contributed by atoms with E-state index >= 15 is 0 Å². The van der Waals surface area contributed by atoms with Crippen LogP contribution in [0.2, 0.25) is 0 Å². The number of fused-ring (bicyclic) bond motifs is 1. The van der Waals surface area contributed by atoms with E-state index in [1.54, 1.807) is 0 Å². The molecule has 0 aliphatic carbocycles. The predicted octanol–water partition coefficient (Wildman–Crippen LogP) is 4.33. The molecule has 0 radical (unpaired) electrons. The van der Waals surface area contributed by atoms with Crippen LogP contribution in [0.1, 0.15) is 24.4 Å². The number of rotatable bonds is 1. The Hall–Kier alpha value is -1.33. The van der Waals surface area contributed by atoms with Gasteiger partial charge in [0.25, 0.3) is 0 Å². The number of halogens is 1. The summed E-state index contributed by atoms with van der Waals surface area (Å²) in [6, 6.07) is 12.7. The molecule has 2 aromatic rings. The minimum absolute atomic E-state index is 0.291. The highest BCUT2D eigenvalue weighted by Crippen LogP contribution is 2.28. The summed E-state index contributed by atoms with van der Waals surface area (Å²) in [5.41, 5.74) is 3.67. The lowest BCUT2D eigenvalue weighted by Crippen LogP contribution is -2.43. The normalized spacial score (nSPS) is 17.5. The summed E-state index contributed by atoms with van der Waals surface area (Å²) in [5.74, 6) is 0. The first-order chi connectivity index (χ1) is 10.1. The smallest absolute Gasteiger partial charge is 0.174 e. The van der Waals surface area contributed by atoms with Crippen LogP contribution in [0.15, 0.2) is 40.9 Å². The predicted molar refractivity (Wildman–Crippen MR) is 94.7 cm³/mol. The summed E-state index contributed by atoms with van der Waals surface area (Å²) in [6.45, 7) is 6.28. The van der Waals surface area contributed by atoms with Crippen molar-refractivity contribution in [2.75, 3.05) is 11.9 Å². The Kier molecular flexibility index (Phi) is 4.04. The van der Waals surface area contributed by atoms with Crippen molar-refractivity contribution >= 4 is 38.9 Å². The van der Waals surface area contributed by atoms with Crippen LogP contribution in [0.5, 0.6) is 0 Å². The molecule has 0 spiro atoms. The summed E-state index contributed by atoms with van der Waals surface area (Å²) in [6.07, 6.45) is 0. The molecule has 1 atom stereocenters. The van der Waals surface area contributed by atoms with Gasteiger partial charge in [-0.15, -0.1) is 0 Å². The van der Waals surface area contributed by atoms with E-state index in [4.69, 9.17) is 12.2 Å². The van der Waals surface area contributed by atoms with E-state index in [0.29, 0.717) is 6.04 Å². The second-order valence-electron chi connectivity index (χ2n) is 5.36. The zero-order chi connectivity index (χ0) is 15.0. The van der Waals surface area contributed by atoms with Crippen LogP contribution >= 0.6 is 28.1 Å². The molecule has 0 amide bonds. The third-order valence-corrected chi connectivity index (χ3v) is 4.86. The van der Waals surface area contributed by atoms with E-state index in [1.807, 2.05) is 24.3 Å². The maximum Gasteiger partial charge on any atom is 0.174 e. The van der Waals surface area contributed by atoms with Crippen molar-refractivity contribution < 1.29 is 0 Å². The first-order valence-corrected chi connectivity index (χ1v) is 8.25. The molecule has 3 rings (SSSR count).